The molecule has 0 fully saturated rings. The van der Waals surface area contributed by atoms with E-state index in [0.717, 1.165) is 33.5 Å². The first-order chi connectivity index (χ1) is 9.69. The van der Waals surface area contributed by atoms with Crippen molar-refractivity contribution in [2.45, 2.75) is 18.6 Å². The van der Waals surface area contributed by atoms with Gasteiger partial charge in [0, 0.05) is 28.1 Å². The maximum Gasteiger partial charge on any atom is 0.129 e. The molecule has 0 saturated carbocycles. The number of benzene rings is 2. The lowest BCUT2D eigenvalue weighted by atomic mass is 9.93. The number of hydrogen-bond donors (Lipinski definition) is 1. The molecule has 0 radical (unpaired) electrons. The van der Waals surface area contributed by atoms with Crippen molar-refractivity contribution in [1.29, 1.82) is 0 Å². The van der Waals surface area contributed by atoms with E-state index in [1.807, 2.05) is 42.5 Å². The molecule has 0 aliphatic carbocycles. The lowest BCUT2D eigenvalue weighted by Crippen LogP contribution is -2.24. The van der Waals surface area contributed by atoms with Gasteiger partial charge >= 0.3 is 0 Å². The minimum absolute atomic E-state index is 0.0198. The van der Waals surface area contributed by atoms with Gasteiger partial charge in [-0.1, -0.05) is 34.1 Å². The number of methoxy groups -OCH3 is 1. The van der Waals surface area contributed by atoms with Gasteiger partial charge in [-0.05, 0) is 24.3 Å². The molecule has 2 unspecified atom stereocenters. The van der Waals surface area contributed by atoms with Crippen LogP contribution in [0.1, 0.15) is 29.7 Å². The first-order valence-corrected chi connectivity index (χ1v) is 7.33. The van der Waals surface area contributed by atoms with Gasteiger partial charge < -0.3 is 15.2 Å². The van der Waals surface area contributed by atoms with Crippen molar-refractivity contribution < 1.29 is 9.47 Å². The van der Waals surface area contributed by atoms with Crippen LogP contribution in [0.4, 0.5) is 0 Å². The monoisotopic (exact) mass is 333 g/mol. The highest BCUT2D eigenvalue weighted by atomic mass is 79.9. The molecular weight excluding hydrogens is 318 g/mol. The molecule has 0 bridgehead atoms. The maximum absolute atomic E-state index is 6.27. The van der Waals surface area contributed by atoms with E-state index in [1.165, 1.54) is 0 Å². The highest BCUT2D eigenvalue weighted by molar-refractivity contribution is 9.10. The lowest BCUT2D eigenvalue weighted by molar-refractivity contribution is 0.158. The van der Waals surface area contributed by atoms with Crippen LogP contribution in [-0.4, -0.2) is 7.11 Å². The number of ether oxygens (including phenoxy) is 2. The van der Waals surface area contributed by atoms with E-state index in [-0.39, 0.29) is 12.1 Å². The largest absolute Gasteiger partial charge is 0.496 e. The number of nitrogens with two attached hydrogens (primary N) is 1. The predicted molar refractivity (Wildman–Crippen MR) is 82.1 cm³/mol. The molecule has 3 nitrogen and oxygen atoms in total. The minimum Gasteiger partial charge on any atom is -0.496 e. The average Bonchev–Trinajstić information content (AvgIpc) is 2.47. The summed E-state index contributed by atoms with van der Waals surface area (Å²) in [7, 11) is 1.67. The second kappa shape index (κ2) is 5.46. The first kappa shape index (κ1) is 13.5. The lowest BCUT2D eigenvalue weighted by Gasteiger charge is -2.31. The van der Waals surface area contributed by atoms with E-state index in [9.17, 15) is 0 Å². The average molecular weight is 334 g/mol. The van der Waals surface area contributed by atoms with Gasteiger partial charge in [0.1, 0.15) is 17.6 Å². The van der Waals surface area contributed by atoms with Gasteiger partial charge in [-0.3, -0.25) is 0 Å². The van der Waals surface area contributed by atoms with Crippen molar-refractivity contribution in [1.82, 2.24) is 0 Å². The van der Waals surface area contributed by atoms with E-state index in [0.29, 0.717) is 0 Å². The van der Waals surface area contributed by atoms with Crippen LogP contribution < -0.4 is 15.2 Å². The zero-order chi connectivity index (χ0) is 14.1. The van der Waals surface area contributed by atoms with Crippen LogP contribution in [0.2, 0.25) is 0 Å². The first-order valence-electron chi connectivity index (χ1n) is 6.53. The van der Waals surface area contributed by atoms with Gasteiger partial charge in [0.25, 0.3) is 0 Å². The van der Waals surface area contributed by atoms with Gasteiger partial charge in [-0.15, -0.1) is 0 Å². The highest BCUT2D eigenvalue weighted by Crippen LogP contribution is 2.42. The molecule has 4 heteroatoms. The van der Waals surface area contributed by atoms with E-state index in [2.05, 4.69) is 15.9 Å². The van der Waals surface area contributed by atoms with Gasteiger partial charge in [0.15, 0.2) is 0 Å². The van der Waals surface area contributed by atoms with Crippen molar-refractivity contribution in [3.05, 3.63) is 58.1 Å². The Balaban J connectivity index is 1.99. The van der Waals surface area contributed by atoms with Crippen molar-refractivity contribution in [2.24, 2.45) is 5.73 Å². The summed E-state index contributed by atoms with van der Waals surface area (Å²) in [6, 6.07) is 13.8. The van der Waals surface area contributed by atoms with E-state index in [4.69, 9.17) is 15.2 Å². The Morgan fingerprint density at radius 1 is 1.20 bits per heavy atom. The molecule has 20 heavy (non-hydrogen) atoms. The fourth-order valence-corrected chi connectivity index (χ4v) is 2.98. The van der Waals surface area contributed by atoms with Crippen LogP contribution in [0, 0.1) is 0 Å². The van der Waals surface area contributed by atoms with Crippen LogP contribution in [0.5, 0.6) is 11.5 Å². The summed E-state index contributed by atoms with van der Waals surface area (Å²) in [6.45, 7) is 0. The number of halogens is 1. The minimum atomic E-state index is -0.0904. The Bertz CT molecular complexity index is 630. The predicted octanol–water partition coefficient (Wildman–Crippen LogP) is 3.98. The molecule has 1 aliphatic heterocycles. The van der Waals surface area contributed by atoms with Gasteiger partial charge in [0.05, 0.1) is 7.11 Å². The normalized spacial score (nSPS) is 20.9. The summed E-state index contributed by atoms with van der Waals surface area (Å²) in [6.07, 6.45) is 0.649. The summed E-state index contributed by atoms with van der Waals surface area (Å²) in [5, 5.41) is 0. The highest BCUT2D eigenvalue weighted by Gasteiger charge is 2.28. The van der Waals surface area contributed by atoms with Crippen molar-refractivity contribution in [3.8, 4) is 11.5 Å². The van der Waals surface area contributed by atoms with Crippen molar-refractivity contribution in [2.75, 3.05) is 7.11 Å². The molecule has 2 N–H and O–H groups in total. The summed E-state index contributed by atoms with van der Waals surface area (Å²) in [4.78, 5) is 0. The van der Waals surface area contributed by atoms with E-state index in [1.54, 1.807) is 7.11 Å². The molecule has 0 amide bonds. The van der Waals surface area contributed by atoms with Crippen LogP contribution in [0.3, 0.4) is 0 Å². The Labute approximate surface area is 126 Å². The fraction of sp³-hybridized carbons (Fsp3) is 0.250. The zero-order valence-electron chi connectivity index (χ0n) is 11.2. The zero-order valence-corrected chi connectivity index (χ0v) is 12.8. The Hall–Kier alpha value is -1.52. The van der Waals surface area contributed by atoms with Gasteiger partial charge in [-0.2, -0.15) is 0 Å². The molecule has 3 rings (SSSR count). The third-order valence-corrected chi connectivity index (χ3v) is 4.09. The summed E-state index contributed by atoms with van der Waals surface area (Å²) in [5.74, 6) is 1.68. The van der Waals surface area contributed by atoms with E-state index >= 15 is 0 Å². The van der Waals surface area contributed by atoms with Crippen LogP contribution in [0.15, 0.2) is 46.9 Å². The Morgan fingerprint density at radius 2 is 2.00 bits per heavy atom. The topological polar surface area (TPSA) is 44.5 Å². The third kappa shape index (κ3) is 2.41. The molecule has 104 valence electrons. The number of rotatable bonds is 2. The molecule has 0 spiro atoms. The fourth-order valence-electron chi connectivity index (χ4n) is 2.60. The molecule has 2 atom stereocenters. The number of para-hydroxylation sites is 1. The second-order valence-corrected chi connectivity index (χ2v) is 5.79. The summed E-state index contributed by atoms with van der Waals surface area (Å²) in [5.41, 5.74) is 8.36. The van der Waals surface area contributed by atoms with Crippen LogP contribution >= 0.6 is 15.9 Å². The van der Waals surface area contributed by atoms with Crippen LogP contribution in [0.25, 0.3) is 0 Å². The Kier molecular flexibility index (Phi) is 3.68. The summed E-state index contributed by atoms with van der Waals surface area (Å²) < 4.78 is 12.5. The SMILES string of the molecule is COc1ccc(Br)cc1C1CC(N)c2ccccc2O1. The molecule has 0 saturated heterocycles. The molecule has 2 aromatic rings. The van der Waals surface area contributed by atoms with Crippen LogP contribution in [-0.2, 0) is 0 Å². The van der Waals surface area contributed by atoms with E-state index < -0.39 is 0 Å². The van der Waals surface area contributed by atoms with Crippen molar-refractivity contribution >= 4 is 15.9 Å². The smallest absolute Gasteiger partial charge is 0.129 e. The molecule has 2 aromatic carbocycles. The molecule has 1 aliphatic rings. The molecule has 1 heterocycles. The number of hydrogen-bond acceptors (Lipinski definition) is 3. The van der Waals surface area contributed by atoms with Gasteiger partial charge in [0.2, 0.25) is 0 Å². The number of fused-ring (bicyclic) bond motifs is 1. The van der Waals surface area contributed by atoms with Crippen molar-refractivity contribution in [3.63, 3.8) is 0 Å². The molecule has 0 aromatic heterocycles. The summed E-state index contributed by atoms with van der Waals surface area (Å²) >= 11 is 3.50. The quantitative estimate of drug-likeness (QED) is 0.903. The third-order valence-electron chi connectivity index (χ3n) is 3.59. The standard InChI is InChI=1S/C16H16BrNO2/c1-19-14-7-6-10(17)8-12(14)16-9-13(18)11-4-2-3-5-15(11)20-16/h2-8,13,16H,9,18H2,1H3. The Morgan fingerprint density at radius 3 is 2.80 bits per heavy atom. The second-order valence-electron chi connectivity index (χ2n) is 4.87. The molecular formula is C16H16BrNO2. The maximum atomic E-state index is 6.27. The van der Waals surface area contributed by atoms with Gasteiger partial charge in [-0.25, -0.2) is 0 Å².